The molecule has 0 saturated carbocycles. The maximum atomic E-state index is 7.55. The molecule has 0 saturated heterocycles. The van der Waals surface area contributed by atoms with Crippen molar-refractivity contribution in [1.29, 1.82) is 10.8 Å². The number of benzene rings is 1. The van der Waals surface area contributed by atoms with E-state index in [0.717, 1.165) is 33.8 Å². The van der Waals surface area contributed by atoms with Crippen molar-refractivity contribution in [2.24, 2.45) is 17.4 Å². The van der Waals surface area contributed by atoms with Gasteiger partial charge in [0.05, 0.1) is 5.84 Å². The number of amidine groups is 2. The summed E-state index contributed by atoms with van der Waals surface area (Å²) < 4.78 is 6.18. The van der Waals surface area contributed by atoms with Crippen LogP contribution < -0.4 is 11.5 Å². The van der Waals surface area contributed by atoms with Gasteiger partial charge in [-0.2, -0.15) is 0 Å². The van der Waals surface area contributed by atoms with Crippen molar-refractivity contribution in [3.05, 3.63) is 64.9 Å². The van der Waals surface area contributed by atoms with E-state index in [1.54, 1.807) is 0 Å². The van der Waals surface area contributed by atoms with Gasteiger partial charge in [-0.05, 0) is 31.4 Å². The lowest BCUT2D eigenvalue weighted by atomic mass is 9.93. The number of furan rings is 1. The lowest BCUT2D eigenvalue weighted by molar-refractivity contribution is 0.564. The Bertz CT molecular complexity index is 901. The first-order valence-electron chi connectivity index (χ1n) is 8.16. The highest BCUT2D eigenvalue weighted by molar-refractivity contribution is 5.95. The SMILES string of the molecule is Cc1c(C2=CCC(C(=N)N)C=C2)oc(-c2ccc(C(=N)N)cc2)c1C. The maximum absolute atomic E-state index is 7.55. The van der Waals surface area contributed by atoms with Crippen molar-refractivity contribution in [2.45, 2.75) is 20.3 Å². The van der Waals surface area contributed by atoms with Gasteiger partial charge in [-0.1, -0.05) is 42.5 Å². The van der Waals surface area contributed by atoms with E-state index < -0.39 is 0 Å². The summed E-state index contributed by atoms with van der Waals surface area (Å²) >= 11 is 0. The molecule has 0 bridgehead atoms. The fourth-order valence-corrected chi connectivity index (χ4v) is 2.97. The van der Waals surface area contributed by atoms with E-state index in [4.69, 9.17) is 26.7 Å². The Morgan fingerprint density at radius 3 is 2.20 bits per heavy atom. The number of nitrogens with one attached hydrogen (secondary N) is 2. The standard InChI is InChI=1S/C20H22N4O/c1-11-12(2)18(14-5-9-16(10-6-14)20(23)24)25-17(11)13-3-7-15(8-4-13)19(21)22/h3-9,16H,10H2,1-2H3,(H3,21,22)(H3,23,24). The summed E-state index contributed by atoms with van der Waals surface area (Å²) in [6, 6.07) is 7.49. The maximum Gasteiger partial charge on any atom is 0.137 e. The molecule has 5 heteroatoms. The van der Waals surface area contributed by atoms with Crippen LogP contribution in [0.25, 0.3) is 16.9 Å². The van der Waals surface area contributed by atoms with Gasteiger partial charge in [0.2, 0.25) is 0 Å². The van der Waals surface area contributed by atoms with Gasteiger partial charge >= 0.3 is 0 Å². The first-order valence-corrected chi connectivity index (χ1v) is 8.16. The van der Waals surface area contributed by atoms with Gasteiger partial charge in [-0.25, -0.2) is 0 Å². The normalized spacial score (nSPS) is 16.6. The van der Waals surface area contributed by atoms with E-state index in [1.165, 1.54) is 0 Å². The van der Waals surface area contributed by atoms with Crippen molar-refractivity contribution in [3.8, 4) is 11.3 Å². The van der Waals surface area contributed by atoms with Gasteiger partial charge in [0.15, 0.2) is 0 Å². The smallest absolute Gasteiger partial charge is 0.137 e. The molecule has 1 aromatic heterocycles. The number of hydrogen-bond acceptors (Lipinski definition) is 3. The van der Waals surface area contributed by atoms with Crippen LogP contribution in [-0.4, -0.2) is 11.7 Å². The van der Waals surface area contributed by atoms with Crippen LogP contribution in [-0.2, 0) is 0 Å². The van der Waals surface area contributed by atoms with Gasteiger partial charge < -0.3 is 15.9 Å². The van der Waals surface area contributed by atoms with E-state index in [2.05, 4.69) is 6.08 Å². The van der Waals surface area contributed by atoms with Gasteiger partial charge in [0.1, 0.15) is 17.4 Å². The first-order chi connectivity index (χ1) is 11.9. The third-order valence-electron chi connectivity index (χ3n) is 4.67. The number of nitrogens with two attached hydrogens (primary N) is 2. The largest absolute Gasteiger partial charge is 0.456 e. The van der Waals surface area contributed by atoms with E-state index in [9.17, 15) is 0 Å². The van der Waals surface area contributed by atoms with Crippen molar-refractivity contribution >= 4 is 17.2 Å². The monoisotopic (exact) mass is 334 g/mol. The molecular formula is C20H22N4O. The molecule has 0 aliphatic heterocycles. The third-order valence-corrected chi connectivity index (χ3v) is 4.67. The first kappa shape index (κ1) is 16.8. The summed E-state index contributed by atoms with van der Waals surface area (Å²) in [5, 5.41) is 15.0. The summed E-state index contributed by atoms with van der Waals surface area (Å²) in [7, 11) is 0. The van der Waals surface area contributed by atoms with Crippen LogP contribution in [0.1, 0.15) is 28.9 Å². The minimum Gasteiger partial charge on any atom is -0.456 e. The molecular weight excluding hydrogens is 312 g/mol. The minimum absolute atomic E-state index is 0.0290. The van der Waals surface area contributed by atoms with Crippen molar-refractivity contribution in [3.63, 3.8) is 0 Å². The molecule has 6 N–H and O–H groups in total. The Morgan fingerprint density at radius 2 is 1.68 bits per heavy atom. The molecule has 1 atom stereocenters. The highest BCUT2D eigenvalue weighted by Crippen LogP contribution is 2.36. The fraction of sp³-hybridized carbons (Fsp3) is 0.200. The van der Waals surface area contributed by atoms with Crippen molar-refractivity contribution in [1.82, 2.24) is 0 Å². The average molecular weight is 334 g/mol. The number of allylic oxidation sites excluding steroid dienone is 3. The van der Waals surface area contributed by atoms with Gasteiger partial charge in [-0.3, -0.25) is 10.8 Å². The summed E-state index contributed by atoms with van der Waals surface area (Å²) in [5.74, 6) is 1.88. The second-order valence-electron chi connectivity index (χ2n) is 6.32. The molecule has 128 valence electrons. The Labute approximate surface area is 147 Å². The van der Waals surface area contributed by atoms with Crippen LogP contribution in [0.15, 0.2) is 46.9 Å². The molecule has 1 heterocycles. The molecule has 5 nitrogen and oxygen atoms in total. The Balaban J connectivity index is 1.95. The lowest BCUT2D eigenvalue weighted by Crippen LogP contribution is -2.21. The quantitative estimate of drug-likeness (QED) is 0.504. The van der Waals surface area contributed by atoms with Gasteiger partial charge in [0, 0.05) is 22.6 Å². The molecule has 0 spiro atoms. The summed E-state index contributed by atoms with van der Waals surface area (Å²) in [5.41, 5.74) is 15.9. The van der Waals surface area contributed by atoms with Crippen molar-refractivity contribution in [2.75, 3.05) is 0 Å². The van der Waals surface area contributed by atoms with E-state index >= 15 is 0 Å². The van der Waals surface area contributed by atoms with Crippen LogP contribution in [0.5, 0.6) is 0 Å². The van der Waals surface area contributed by atoms with Crippen LogP contribution >= 0.6 is 0 Å². The summed E-state index contributed by atoms with van der Waals surface area (Å²) in [4.78, 5) is 0. The average Bonchev–Trinajstić information content (AvgIpc) is 2.90. The van der Waals surface area contributed by atoms with Crippen LogP contribution in [0.3, 0.4) is 0 Å². The van der Waals surface area contributed by atoms with Gasteiger partial charge in [-0.15, -0.1) is 0 Å². The zero-order valence-electron chi connectivity index (χ0n) is 14.4. The van der Waals surface area contributed by atoms with E-state index in [1.807, 2.05) is 50.3 Å². The highest BCUT2D eigenvalue weighted by Gasteiger charge is 2.20. The predicted octanol–water partition coefficient (Wildman–Crippen LogP) is 3.74. The van der Waals surface area contributed by atoms with Crippen molar-refractivity contribution < 1.29 is 4.42 Å². The molecule has 3 rings (SSSR count). The van der Waals surface area contributed by atoms with Crippen LogP contribution in [0.2, 0.25) is 0 Å². The molecule has 1 aliphatic carbocycles. The zero-order valence-corrected chi connectivity index (χ0v) is 14.4. The zero-order chi connectivity index (χ0) is 18.1. The number of rotatable bonds is 4. The lowest BCUT2D eigenvalue weighted by Gasteiger charge is -2.14. The Kier molecular flexibility index (Phi) is 4.31. The Morgan fingerprint density at radius 1 is 1.04 bits per heavy atom. The molecule has 0 radical (unpaired) electrons. The topological polar surface area (TPSA) is 113 Å². The molecule has 2 aromatic rings. The number of nitrogen functional groups attached to an aromatic ring is 1. The predicted molar refractivity (Wildman–Crippen MR) is 102 cm³/mol. The number of hydrogen-bond donors (Lipinski definition) is 4. The van der Waals surface area contributed by atoms with E-state index in [0.29, 0.717) is 12.0 Å². The highest BCUT2D eigenvalue weighted by atomic mass is 16.3. The second-order valence-corrected chi connectivity index (χ2v) is 6.32. The molecule has 0 fully saturated rings. The van der Waals surface area contributed by atoms with E-state index in [-0.39, 0.29) is 17.6 Å². The fourth-order valence-electron chi connectivity index (χ4n) is 2.97. The minimum atomic E-state index is -0.0290. The second kappa shape index (κ2) is 6.43. The van der Waals surface area contributed by atoms with Gasteiger partial charge in [0.25, 0.3) is 0 Å². The molecule has 0 amide bonds. The summed E-state index contributed by atoms with van der Waals surface area (Å²) in [6.07, 6.45) is 6.71. The molecule has 1 aliphatic rings. The molecule has 25 heavy (non-hydrogen) atoms. The summed E-state index contributed by atoms with van der Waals surface area (Å²) in [6.45, 7) is 4.09. The van der Waals surface area contributed by atoms with Crippen LogP contribution in [0.4, 0.5) is 0 Å². The Hall–Kier alpha value is -3.08. The third kappa shape index (κ3) is 3.13. The van der Waals surface area contributed by atoms with Crippen LogP contribution in [0, 0.1) is 30.6 Å². The molecule has 1 aromatic carbocycles. The molecule has 1 unspecified atom stereocenters.